The molecule has 0 radical (unpaired) electrons. The molecule has 1 aromatic heterocycles. The van der Waals surface area contributed by atoms with Crippen LogP contribution in [0, 0.1) is 6.92 Å². The number of nitrogens with zero attached hydrogens (tertiary/aromatic N) is 3. The molecule has 3 rings (SSSR count). The summed E-state index contributed by atoms with van der Waals surface area (Å²) >= 11 is 0. The van der Waals surface area contributed by atoms with Gasteiger partial charge in [0.05, 0.1) is 11.4 Å². The summed E-state index contributed by atoms with van der Waals surface area (Å²) in [7, 11) is 1.75. The maximum absolute atomic E-state index is 12.9. The van der Waals surface area contributed by atoms with Gasteiger partial charge in [-0.1, -0.05) is 18.2 Å². The smallest absolute Gasteiger partial charge is 0.278 e. The van der Waals surface area contributed by atoms with Gasteiger partial charge in [-0.25, -0.2) is 0 Å². The zero-order valence-corrected chi connectivity index (χ0v) is 11.9. The van der Waals surface area contributed by atoms with E-state index >= 15 is 0 Å². The van der Waals surface area contributed by atoms with Crippen molar-refractivity contribution in [2.45, 2.75) is 26.3 Å². The van der Waals surface area contributed by atoms with Crippen LogP contribution in [-0.4, -0.2) is 21.7 Å². The monoisotopic (exact) mass is 270 g/mol. The van der Waals surface area contributed by atoms with Crippen molar-refractivity contribution in [1.29, 1.82) is 0 Å². The van der Waals surface area contributed by atoms with Crippen LogP contribution in [0.1, 0.15) is 28.7 Å². The highest BCUT2D eigenvalue weighted by Crippen LogP contribution is 2.34. The molecule has 0 saturated heterocycles. The van der Waals surface area contributed by atoms with E-state index in [0.29, 0.717) is 17.1 Å². The third-order valence-electron chi connectivity index (χ3n) is 3.90. The standard InChI is InChI=1S/C15H18N4O/c1-9-8-11-6-4-5-7-12(11)19(9)15(20)14-13(16)10(2)17-18(14)3/h4-7,9H,8,16H2,1-3H3. The number of aromatic nitrogens is 2. The minimum Gasteiger partial charge on any atom is -0.395 e. The quantitative estimate of drug-likeness (QED) is 0.860. The molecule has 5 nitrogen and oxygen atoms in total. The first-order chi connectivity index (χ1) is 9.50. The van der Waals surface area contributed by atoms with Crippen LogP contribution in [0.25, 0.3) is 0 Å². The summed E-state index contributed by atoms with van der Waals surface area (Å²) in [5.41, 5.74) is 9.80. The average molecular weight is 270 g/mol. The van der Waals surface area contributed by atoms with Gasteiger partial charge in [0.2, 0.25) is 0 Å². The number of carbonyl (C=O) groups is 1. The molecule has 1 aliphatic heterocycles. The number of hydrogen-bond acceptors (Lipinski definition) is 3. The van der Waals surface area contributed by atoms with Gasteiger partial charge >= 0.3 is 0 Å². The van der Waals surface area contributed by atoms with Crippen LogP contribution in [0.3, 0.4) is 0 Å². The zero-order chi connectivity index (χ0) is 14.4. The molecule has 1 amide bonds. The molecule has 0 fully saturated rings. The average Bonchev–Trinajstić information content (AvgIpc) is 2.85. The molecule has 0 bridgehead atoms. The van der Waals surface area contributed by atoms with Crippen LogP contribution in [0.2, 0.25) is 0 Å². The van der Waals surface area contributed by atoms with Gasteiger partial charge < -0.3 is 10.6 Å². The third-order valence-corrected chi connectivity index (χ3v) is 3.90. The van der Waals surface area contributed by atoms with E-state index < -0.39 is 0 Å². The number of benzene rings is 1. The number of carbonyl (C=O) groups excluding carboxylic acids is 1. The highest BCUT2D eigenvalue weighted by Gasteiger charge is 2.33. The summed E-state index contributed by atoms with van der Waals surface area (Å²) in [6.45, 7) is 3.87. The van der Waals surface area contributed by atoms with Crippen LogP contribution in [0.15, 0.2) is 24.3 Å². The summed E-state index contributed by atoms with van der Waals surface area (Å²) in [5.74, 6) is -0.0805. The summed E-state index contributed by atoms with van der Waals surface area (Å²) in [4.78, 5) is 14.7. The minimum atomic E-state index is -0.0805. The number of nitrogen functional groups attached to an aromatic ring is 1. The number of fused-ring (bicyclic) bond motifs is 1. The zero-order valence-electron chi connectivity index (χ0n) is 11.9. The third kappa shape index (κ3) is 1.70. The van der Waals surface area contributed by atoms with Gasteiger partial charge in [-0.3, -0.25) is 9.48 Å². The van der Waals surface area contributed by atoms with Gasteiger partial charge in [0.15, 0.2) is 0 Å². The number of amides is 1. The fraction of sp³-hybridized carbons (Fsp3) is 0.333. The lowest BCUT2D eigenvalue weighted by Gasteiger charge is -2.23. The van der Waals surface area contributed by atoms with Gasteiger partial charge in [-0.15, -0.1) is 0 Å². The molecule has 5 heteroatoms. The van der Waals surface area contributed by atoms with Crippen molar-refractivity contribution in [3.8, 4) is 0 Å². The van der Waals surface area contributed by atoms with E-state index in [2.05, 4.69) is 18.1 Å². The molecule has 1 atom stereocenters. The number of nitrogens with two attached hydrogens (primary N) is 1. The second kappa shape index (κ2) is 4.37. The van der Waals surface area contributed by atoms with Crippen molar-refractivity contribution in [3.05, 3.63) is 41.2 Å². The van der Waals surface area contributed by atoms with E-state index in [0.717, 1.165) is 12.1 Å². The lowest BCUT2D eigenvalue weighted by molar-refractivity contribution is 0.0973. The SMILES string of the molecule is Cc1nn(C)c(C(=O)N2c3ccccc3CC2C)c1N. The lowest BCUT2D eigenvalue weighted by atomic mass is 10.1. The Kier molecular flexibility index (Phi) is 2.78. The molecule has 2 N–H and O–H groups in total. The first kappa shape index (κ1) is 12.7. The van der Waals surface area contributed by atoms with E-state index in [-0.39, 0.29) is 11.9 Å². The molecule has 0 aliphatic carbocycles. The number of anilines is 2. The number of rotatable bonds is 1. The second-order valence-corrected chi connectivity index (χ2v) is 5.33. The van der Waals surface area contributed by atoms with Crippen molar-refractivity contribution in [2.75, 3.05) is 10.6 Å². The number of aryl methyl sites for hydroxylation is 2. The highest BCUT2D eigenvalue weighted by molar-refractivity contribution is 6.09. The van der Waals surface area contributed by atoms with Crippen LogP contribution < -0.4 is 10.6 Å². The van der Waals surface area contributed by atoms with Crippen LogP contribution in [0.4, 0.5) is 11.4 Å². The number of hydrogen-bond donors (Lipinski definition) is 1. The Hall–Kier alpha value is -2.30. The Bertz CT molecular complexity index is 689. The van der Waals surface area contributed by atoms with Crippen LogP contribution in [0.5, 0.6) is 0 Å². The van der Waals surface area contributed by atoms with Gasteiger partial charge in [0.25, 0.3) is 5.91 Å². The Labute approximate surface area is 118 Å². The van der Waals surface area contributed by atoms with E-state index in [1.807, 2.05) is 30.0 Å². The summed E-state index contributed by atoms with van der Waals surface area (Å²) < 4.78 is 1.57. The molecule has 1 aliphatic rings. The molecule has 2 aromatic rings. The van der Waals surface area contributed by atoms with Gasteiger partial charge in [-0.2, -0.15) is 5.10 Å². The van der Waals surface area contributed by atoms with Crippen LogP contribution >= 0.6 is 0 Å². The van der Waals surface area contributed by atoms with Crippen molar-refractivity contribution >= 4 is 17.3 Å². The molecular weight excluding hydrogens is 252 g/mol. The molecule has 1 aromatic carbocycles. The first-order valence-electron chi connectivity index (χ1n) is 6.71. The predicted octanol–water partition coefficient (Wildman–Crippen LogP) is 1.90. The minimum absolute atomic E-state index is 0.0805. The fourth-order valence-corrected chi connectivity index (χ4v) is 2.92. The molecule has 0 spiro atoms. The van der Waals surface area contributed by atoms with Crippen molar-refractivity contribution in [2.24, 2.45) is 7.05 Å². The first-order valence-corrected chi connectivity index (χ1v) is 6.71. The van der Waals surface area contributed by atoms with Gasteiger partial charge in [0.1, 0.15) is 5.69 Å². The molecule has 1 unspecified atom stereocenters. The Balaban J connectivity index is 2.07. The summed E-state index contributed by atoms with van der Waals surface area (Å²) in [6, 6.07) is 8.14. The van der Waals surface area contributed by atoms with E-state index in [9.17, 15) is 4.79 Å². The van der Waals surface area contributed by atoms with Gasteiger partial charge in [0, 0.05) is 18.8 Å². The Morgan fingerprint density at radius 3 is 2.75 bits per heavy atom. The largest absolute Gasteiger partial charge is 0.395 e. The maximum atomic E-state index is 12.9. The maximum Gasteiger partial charge on any atom is 0.278 e. The van der Waals surface area contributed by atoms with Crippen LogP contribution in [-0.2, 0) is 13.5 Å². The van der Waals surface area contributed by atoms with E-state index in [4.69, 9.17) is 5.73 Å². The van der Waals surface area contributed by atoms with E-state index in [1.54, 1.807) is 11.7 Å². The Morgan fingerprint density at radius 2 is 2.10 bits per heavy atom. The molecule has 0 saturated carbocycles. The van der Waals surface area contributed by atoms with Crippen molar-refractivity contribution in [1.82, 2.24) is 9.78 Å². The van der Waals surface area contributed by atoms with Crippen molar-refractivity contribution in [3.63, 3.8) is 0 Å². The normalized spacial score (nSPS) is 17.4. The van der Waals surface area contributed by atoms with E-state index in [1.165, 1.54) is 5.56 Å². The molecule has 2 heterocycles. The van der Waals surface area contributed by atoms with Gasteiger partial charge in [-0.05, 0) is 31.9 Å². The second-order valence-electron chi connectivity index (χ2n) is 5.33. The predicted molar refractivity (Wildman–Crippen MR) is 78.8 cm³/mol. The molecular formula is C15H18N4O. The topological polar surface area (TPSA) is 64.2 Å². The summed E-state index contributed by atoms with van der Waals surface area (Å²) in [6.07, 6.45) is 0.874. The fourth-order valence-electron chi connectivity index (χ4n) is 2.92. The summed E-state index contributed by atoms with van der Waals surface area (Å²) in [5, 5.41) is 4.23. The lowest BCUT2D eigenvalue weighted by Crippen LogP contribution is -2.37. The highest BCUT2D eigenvalue weighted by atomic mass is 16.2. The molecule has 20 heavy (non-hydrogen) atoms. The number of para-hydroxylation sites is 1. The Morgan fingerprint density at radius 1 is 1.40 bits per heavy atom. The van der Waals surface area contributed by atoms with Crippen molar-refractivity contribution < 1.29 is 4.79 Å². The molecule has 104 valence electrons.